The highest BCUT2D eigenvalue weighted by Crippen LogP contribution is 2.50. The predicted octanol–water partition coefficient (Wildman–Crippen LogP) is 1.13. The molecule has 2 N–H and O–H groups in total. The lowest BCUT2D eigenvalue weighted by atomic mass is 10.4. The molecule has 0 radical (unpaired) electrons. The zero-order valence-electron chi connectivity index (χ0n) is 7.86. The van der Waals surface area contributed by atoms with Crippen LogP contribution in [-0.2, 0) is 4.57 Å². The van der Waals surface area contributed by atoms with E-state index in [0.29, 0.717) is 12.3 Å². The van der Waals surface area contributed by atoms with Crippen molar-refractivity contribution in [2.45, 2.75) is 25.9 Å². The minimum atomic E-state index is -2.31. The molecule has 0 fully saturated rings. The third kappa shape index (κ3) is 3.26. The number of rotatable bonds is 6. The van der Waals surface area contributed by atoms with Crippen LogP contribution in [0.5, 0.6) is 0 Å². The molecule has 0 spiro atoms. The Kier molecular flexibility index (Phi) is 5.81. The standard InChI is InChI=1S/C8H19O3P/c1-3-8(2)12(11,6-4-9)7-5-10/h8-10H,3-7H2,1-2H3. The van der Waals surface area contributed by atoms with E-state index < -0.39 is 7.14 Å². The van der Waals surface area contributed by atoms with Gasteiger partial charge in [0.05, 0.1) is 7.14 Å². The number of hydrogen-bond donors (Lipinski definition) is 2. The molecular formula is C8H19O3P. The zero-order valence-corrected chi connectivity index (χ0v) is 8.76. The smallest absolute Gasteiger partial charge is 0.0948 e. The van der Waals surface area contributed by atoms with Crippen molar-refractivity contribution in [2.24, 2.45) is 0 Å². The fourth-order valence-corrected chi connectivity index (χ4v) is 3.67. The van der Waals surface area contributed by atoms with E-state index in [1.807, 2.05) is 13.8 Å². The van der Waals surface area contributed by atoms with Crippen molar-refractivity contribution in [2.75, 3.05) is 25.5 Å². The van der Waals surface area contributed by atoms with Crippen molar-refractivity contribution in [1.29, 1.82) is 0 Å². The molecule has 0 aliphatic rings. The van der Waals surface area contributed by atoms with Gasteiger partial charge in [-0.15, -0.1) is 0 Å². The lowest BCUT2D eigenvalue weighted by Crippen LogP contribution is -2.13. The first kappa shape index (κ1) is 12.2. The van der Waals surface area contributed by atoms with Crippen molar-refractivity contribution in [3.63, 3.8) is 0 Å². The highest BCUT2D eigenvalue weighted by molar-refractivity contribution is 7.64. The van der Waals surface area contributed by atoms with Gasteiger partial charge in [-0.25, -0.2) is 0 Å². The Balaban J connectivity index is 4.27. The summed E-state index contributed by atoms with van der Waals surface area (Å²) in [7, 11) is -2.31. The van der Waals surface area contributed by atoms with Crippen LogP contribution in [0.1, 0.15) is 20.3 Å². The lowest BCUT2D eigenvalue weighted by Gasteiger charge is -2.22. The van der Waals surface area contributed by atoms with Crippen LogP contribution in [0, 0.1) is 0 Å². The van der Waals surface area contributed by atoms with Crippen LogP contribution in [0.4, 0.5) is 0 Å². The topological polar surface area (TPSA) is 57.5 Å². The number of hydrogen-bond acceptors (Lipinski definition) is 3. The van der Waals surface area contributed by atoms with Gasteiger partial charge < -0.3 is 14.8 Å². The molecule has 0 saturated heterocycles. The molecule has 0 rings (SSSR count). The third-order valence-electron chi connectivity index (χ3n) is 2.35. The molecule has 12 heavy (non-hydrogen) atoms. The van der Waals surface area contributed by atoms with Crippen LogP contribution in [0.2, 0.25) is 0 Å². The number of aliphatic hydroxyl groups excluding tert-OH is 2. The second-order valence-corrected chi connectivity index (χ2v) is 6.78. The van der Waals surface area contributed by atoms with E-state index in [1.165, 1.54) is 0 Å². The molecule has 4 heteroatoms. The van der Waals surface area contributed by atoms with Crippen molar-refractivity contribution in [1.82, 2.24) is 0 Å². The molecule has 3 nitrogen and oxygen atoms in total. The van der Waals surface area contributed by atoms with Crippen LogP contribution in [0.3, 0.4) is 0 Å². The largest absolute Gasteiger partial charge is 0.396 e. The Hall–Kier alpha value is 0.150. The molecule has 0 aliphatic heterocycles. The molecule has 0 saturated carbocycles. The summed E-state index contributed by atoms with van der Waals surface area (Å²) in [5, 5.41) is 17.4. The van der Waals surface area contributed by atoms with Gasteiger partial charge in [0.1, 0.15) is 0 Å². The molecule has 0 bridgehead atoms. The van der Waals surface area contributed by atoms with E-state index in [-0.39, 0.29) is 18.9 Å². The first-order valence-electron chi connectivity index (χ1n) is 4.40. The van der Waals surface area contributed by atoms with E-state index in [9.17, 15) is 4.57 Å². The van der Waals surface area contributed by atoms with E-state index >= 15 is 0 Å². The highest BCUT2D eigenvalue weighted by Gasteiger charge is 2.26. The van der Waals surface area contributed by atoms with Crippen LogP contribution in [0.15, 0.2) is 0 Å². The first-order chi connectivity index (χ1) is 5.60. The molecular weight excluding hydrogens is 175 g/mol. The third-order valence-corrected chi connectivity index (χ3v) is 6.24. The minimum Gasteiger partial charge on any atom is -0.396 e. The van der Waals surface area contributed by atoms with Gasteiger partial charge in [-0.1, -0.05) is 13.8 Å². The van der Waals surface area contributed by atoms with Gasteiger partial charge in [0.25, 0.3) is 0 Å². The predicted molar refractivity (Wildman–Crippen MR) is 51.3 cm³/mol. The second-order valence-electron chi connectivity index (χ2n) is 3.10. The average Bonchev–Trinajstić information content (AvgIpc) is 2.04. The molecule has 1 unspecified atom stereocenters. The Labute approximate surface area is 74.2 Å². The molecule has 0 heterocycles. The Morgan fingerprint density at radius 3 is 1.92 bits per heavy atom. The summed E-state index contributed by atoms with van der Waals surface area (Å²) in [6.45, 7) is 3.82. The van der Waals surface area contributed by atoms with E-state index in [0.717, 1.165) is 6.42 Å². The van der Waals surface area contributed by atoms with Gasteiger partial charge in [-0.2, -0.15) is 0 Å². The van der Waals surface area contributed by atoms with Crippen LogP contribution in [0.25, 0.3) is 0 Å². The molecule has 0 aromatic rings. The van der Waals surface area contributed by atoms with Gasteiger partial charge in [0.2, 0.25) is 0 Å². The van der Waals surface area contributed by atoms with Crippen LogP contribution >= 0.6 is 7.14 Å². The first-order valence-corrected chi connectivity index (χ1v) is 6.54. The van der Waals surface area contributed by atoms with E-state index in [4.69, 9.17) is 10.2 Å². The maximum absolute atomic E-state index is 12.0. The normalized spacial score (nSPS) is 14.7. The minimum absolute atomic E-state index is 0.0401. The molecule has 0 aromatic heterocycles. The Bertz CT molecular complexity index is 148. The summed E-state index contributed by atoms with van der Waals surface area (Å²) in [5.41, 5.74) is 0.122. The van der Waals surface area contributed by atoms with E-state index in [2.05, 4.69) is 0 Å². The van der Waals surface area contributed by atoms with Gasteiger partial charge >= 0.3 is 0 Å². The van der Waals surface area contributed by atoms with Crippen molar-refractivity contribution >= 4 is 7.14 Å². The quantitative estimate of drug-likeness (QED) is 0.623. The summed E-state index contributed by atoms with van der Waals surface area (Å²) in [4.78, 5) is 0. The molecule has 0 aliphatic carbocycles. The average molecular weight is 194 g/mol. The van der Waals surface area contributed by atoms with Crippen molar-refractivity contribution in [3.8, 4) is 0 Å². The fourth-order valence-electron chi connectivity index (χ4n) is 1.22. The lowest BCUT2D eigenvalue weighted by molar-refractivity contribution is 0.311. The van der Waals surface area contributed by atoms with E-state index in [1.54, 1.807) is 0 Å². The number of aliphatic hydroxyl groups is 2. The maximum atomic E-state index is 12.0. The van der Waals surface area contributed by atoms with Crippen molar-refractivity contribution < 1.29 is 14.8 Å². The summed E-state index contributed by atoms with van der Waals surface area (Å²) in [6, 6.07) is 0. The maximum Gasteiger partial charge on any atom is 0.0948 e. The molecule has 0 aromatic carbocycles. The SMILES string of the molecule is CCC(C)P(=O)(CCO)CCO. The fraction of sp³-hybridized carbons (Fsp3) is 1.00. The van der Waals surface area contributed by atoms with Gasteiger partial charge in [0.15, 0.2) is 0 Å². The van der Waals surface area contributed by atoms with Gasteiger partial charge in [0, 0.05) is 31.2 Å². The van der Waals surface area contributed by atoms with Gasteiger partial charge in [-0.3, -0.25) is 0 Å². The van der Waals surface area contributed by atoms with Gasteiger partial charge in [-0.05, 0) is 6.42 Å². The Morgan fingerprint density at radius 1 is 1.25 bits per heavy atom. The van der Waals surface area contributed by atoms with Crippen molar-refractivity contribution in [3.05, 3.63) is 0 Å². The summed E-state index contributed by atoms with van der Waals surface area (Å²) < 4.78 is 12.0. The Morgan fingerprint density at radius 2 is 1.67 bits per heavy atom. The molecule has 1 atom stereocenters. The molecule has 0 amide bonds. The molecule has 74 valence electrons. The monoisotopic (exact) mass is 194 g/mol. The summed E-state index contributed by atoms with van der Waals surface area (Å²) in [6.07, 6.45) is 1.54. The van der Waals surface area contributed by atoms with Crippen LogP contribution in [-0.4, -0.2) is 41.4 Å². The van der Waals surface area contributed by atoms with Crippen LogP contribution < -0.4 is 0 Å². The highest BCUT2D eigenvalue weighted by atomic mass is 31.2. The summed E-state index contributed by atoms with van der Waals surface area (Å²) in [5.74, 6) is 0. The second kappa shape index (κ2) is 5.74. The summed E-state index contributed by atoms with van der Waals surface area (Å²) >= 11 is 0. The zero-order chi connectivity index (χ0) is 9.61.